The molecule has 1 aliphatic heterocycles. The van der Waals surface area contributed by atoms with E-state index in [1.54, 1.807) is 18.5 Å². The average molecular weight is 363 g/mol. The van der Waals surface area contributed by atoms with Crippen LogP contribution in [0.2, 0.25) is 0 Å². The molecule has 0 amide bonds. The molecule has 0 bridgehead atoms. The van der Waals surface area contributed by atoms with Crippen molar-refractivity contribution in [3.8, 4) is 0 Å². The molecule has 1 atom stereocenters. The first-order valence-electron chi connectivity index (χ1n) is 8.21. The molecule has 8 nitrogen and oxygen atoms in total. The van der Waals surface area contributed by atoms with Gasteiger partial charge in [-0.3, -0.25) is 9.59 Å². The minimum absolute atomic E-state index is 0.0431. The highest BCUT2D eigenvalue weighted by molar-refractivity contribution is 7.99. The minimum Gasteiger partial charge on any atom is -0.376 e. The van der Waals surface area contributed by atoms with Gasteiger partial charge in [0.25, 0.3) is 0 Å². The molecule has 1 fully saturated rings. The Labute approximate surface area is 149 Å². The zero-order valence-corrected chi connectivity index (χ0v) is 15.4. The number of thioether (sulfide) groups is 1. The molecule has 2 aromatic rings. The van der Waals surface area contributed by atoms with Crippen molar-refractivity contribution in [3.63, 3.8) is 0 Å². The molecule has 0 aliphatic carbocycles. The van der Waals surface area contributed by atoms with Crippen molar-refractivity contribution in [1.29, 1.82) is 0 Å². The van der Waals surface area contributed by atoms with E-state index in [0.717, 1.165) is 25.1 Å². The lowest BCUT2D eigenvalue weighted by molar-refractivity contribution is 0.0911. The number of carbonyl (C=O) groups excluding carboxylic acids is 2. The summed E-state index contributed by atoms with van der Waals surface area (Å²) >= 11 is 1.29. The molecule has 1 aliphatic rings. The quantitative estimate of drug-likeness (QED) is 0.592. The molecule has 134 valence electrons. The van der Waals surface area contributed by atoms with Crippen LogP contribution in [-0.4, -0.2) is 55.2 Å². The Morgan fingerprint density at radius 2 is 2.20 bits per heavy atom. The van der Waals surface area contributed by atoms with Crippen molar-refractivity contribution < 1.29 is 14.3 Å². The van der Waals surface area contributed by atoms with Crippen molar-refractivity contribution in [1.82, 2.24) is 25.2 Å². The molecular formula is C16H21N5O3S. The van der Waals surface area contributed by atoms with E-state index in [9.17, 15) is 9.59 Å². The number of rotatable bonds is 7. The maximum atomic E-state index is 12.5. The van der Waals surface area contributed by atoms with Gasteiger partial charge in [0.05, 0.1) is 24.1 Å². The molecule has 9 heteroatoms. The molecule has 3 heterocycles. The number of aromatic nitrogens is 5. The lowest BCUT2D eigenvalue weighted by Crippen LogP contribution is -2.17. The van der Waals surface area contributed by atoms with Gasteiger partial charge in [0.1, 0.15) is 0 Å². The Hall–Kier alpha value is -2.00. The second-order valence-corrected chi connectivity index (χ2v) is 7.11. The zero-order valence-electron chi connectivity index (χ0n) is 14.5. The van der Waals surface area contributed by atoms with Gasteiger partial charge in [-0.2, -0.15) is 0 Å². The first kappa shape index (κ1) is 17.8. The molecule has 1 unspecified atom stereocenters. The highest BCUT2D eigenvalue weighted by Crippen LogP contribution is 2.23. The third-order valence-electron chi connectivity index (χ3n) is 4.30. The first-order valence-corrected chi connectivity index (χ1v) is 9.19. The van der Waals surface area contributed by atoms with E-state index in [0.29, 0.717) is 28.5 Å². The number of carbonyl (C=O) groups is 2. The molecular weight excluding hydrogens is 342 g/mol. The minimum atomic E-state index is -0.0789. The van der Waals surface area contributed by atoms with E-state index in [1.807, 2.05) is 0 Å². The number of H-pyrrole nitrogens is 1. The Morgan fingerprint density at radius 3 is 2.84 bits per heavy atom. The molecule has 1 N–H and O–H groups in total. The van der Waals surface area contributed by atoms with Gasteiger partial charge >= 0.3 is 0 Å². The number of aromatic amines is 1. The fourth-order valence-electron chi connectivity index (χ4n) is 3.15. The highest BCUT2D eigenvalue weighted by Gasteiger charge is 2.22. The van der Waals surface area contributed by atoms with Crippen LogP contribution in [0.5, 0.6) is 0 Å². The van der Waals surface area contributed by atoms with Crippen LogP contribution in [0.15, 0.2) is 5.16 Å². The highest BCUT2D eigenvalue weighted by atomic mass is 32.2. The maximum Gasteiger partial charge on any atom is 0.209 e. The van der Waals surface area contributed by atoms with E-state index in [2.05, 4.69) is 20.5 Å². The molecule has 25 heavy (non-hydrogen) atoms. The monoisotopic (exact) mass is 363 g/mol. The number of nitrogens with one attached hydrogen (secondary N) is 1. The van der Waals surface area contributed by atoms with Crippen LogP contribution in [0.3, 0.4) is 0 Å². The standard InChI is InChI=1S/C16H21N5O3S/c1-9-14(11(3)22)10(2)17-15(9)13(23)8-25-16-18-19-20-21(16)7-12-5-4-6-24-12/h12,17H,4-8H2,1-3H3. The number of ether oxygens (including phenoxy) is 1. The molecule has 2 aromatic heterocycles. The van der Waals surface area contributed by atoms with Crippen molar-refractivity contribution in [2.75, 3.05) is 12.4 Å². The van der Waals surface area contributed by atoms with E-state index in [1.165, 1.54) is 18.7 Å². The first-order chi connectivity index (χ1) is 12.0. The smallest absolute Gasteiger partial charge is 0.209 e. The number of nitrogens with zero attached hydrogens (tertiary/aromatic N) is 4. The average Bonchev–Trinajstić information content (AvgIpc) is 3.27. The van der Waals surface area contributed by atoms with Crippen LogP contribution in [0.4, 0.5) is 0 Å². The molecule has 0 radical (unpaired) electrons. The van der Waals surface area contributed by atoms with Crippen molar-refractivity contribution in [2.45, 2.75) is 51.4 Å². The predicted molar refractivity (Wildman–Crippen MR) is 92.1 cm³/mol. The van der Waals surface area contributed by atoms with Crippen molar-refractivity contribution in [3.05, 3.63) is 22.5 Å². The second-order valence-electron chi connectivity index (χ2n) is 6.17. The number of ketones is 2. The Kier molecular flexibility index (Phi) is 5.33. The van der Waals surface area contributed by atoms with Gasteiger partial charge in [0.2, 0.25) is 5.16 Å². The van der Waals surface area contributed by atoms with E-state index in [4.69, 9.17) is 4.74 Å². The zero-order chi connectivity index (χ0) is 18.0. The fraction of sp³-hybridized carbons (Fsp3) is 0.562. The molecule has 0 aromatic carbocycles. The number of hydrogen-bond acceptors (Lipinski definition) is 7. The molecule has 1 saturated heterocycles. The van der Waals surface area contributed by atoms with Crippen molar-refractivity contribution in [2.24, 2.45) is 0 Å². The summed E-state index contributed by atoms with van der Waals surface area (Å²) in [4.78, 5) is 27.3. The summed E-state index contributed by atoms with van der Waals surface area (Å²) in [6.45, 7) is 6.47. The van der Waals surface area contributed by atoms with Crippen LogP contribution < -0.4 is 0 Å². The number of Topliss-reactive ketones (excluding diaryl/α,β-unsaturated/α-hetero) is 2. The molecule has 3 rings (SSSR count). The fourth-order valence-corrected chi connectivity index (χ4v) is 3.91. The summed E-state index contributed by atoms with van der Waals surface area (Å²) in [6, 6.07) is 0. The summed E-state index contributed by atoms with van der Waals surface area (Å²) in [5.41, 5.74) is 2.50. The maximum absolute atomic E-state index is 12.5. The summed E-state index contributed by atoms with van der Waals surface area (Å²) < 4.78 is 7.28. The second kappa shape index (κ2) is 7.49. The van der Waals surface area contributed by atoms with Gasteiger partial charge in [-0.25, -0.2) is 4.68 Å². The SMILES string of the molecule is CC(=O)c1c(C)[nH]c(C(=O)CSc2nnnn2CC2CCCO2)c1C. The summed E-state index contributed by atoms with van der Waals surface area (Å²) in [5.74, 6) is 0.0764. The summed E-state index contributed by atoms with van der Waals surface area (Å²) in [7, 11) is 0. The van der Waals surface area contributed by atoms with Crippen LogP contribution in [0, 0.1) is 13.8 Å². The van der Waals surface area contributed by atoms with Gasteiger partial charge in [-0.15, -0.1) is 5.10 Å². The van der Waals surface area contributed by atoms with Gasteiger partial charge in [0, 0.05) is 17.9 Å². The third kappa shape index (κ3) is 3.82. The largest absolute Gasteiger partial charge is 0.376 e. The Bertz CT molecular complexity index is 792. The lowest BCUT2D eigenvalue weighted by atomic mass is 10.1. The predicted octanol–water partition coefficient (Wildman–Crippen LogP) is 1.97. The molecule has 0 spiro atoms. The topological polar surface area (TPSA) is 103 Å². The van der Waals surface area contributed by atoms with E-state index >= 15 is 0 Å². The summed E-state index contributed by atoms with van der Waals surface area (Å²) in [6.07, 6.45) is 2.18. The number of aryl methyl sites for hydroxylation is 1. The normalized spacial score (nSPS) is 17.2. The Balaban J connectivity index is 1.66. The number of tetrazole rings is 1. The van der Waals surface area contributed by atoms with Gasteiger partial charge in [-0.05, 0) is 49.6 Å². The molecule has 0 saturated carbocycles. The van der Waals surface area contributed by atoms with Crippen LogP contribution in [0.25, 0.3) is 0 Å². The lowest BCUT2D eigenvalue weighted by Gasteiger charge is -2.09. The van der Waals surface area contributed by atoms with Crippen LogP contribution in [0.1, 0.15) is 51.9 Å². The number of hydrogen-bond donors (Lipinski definition) is 1. The van der Waals surface area contributed by atoms with E-state index < -0.39 is 0 Å². The van der Waals surface area contributed by atoms with Gasteiger partial charge in [0.15, 0.2) is 11.6 Å². The van der Waals surface area contributed by atoms with Crippen LogP contribution in [-0.2, 0) is 11.3 Å². The van der Waals surface area contributed by atoms with E-state index in [-0.39, 0.29) is 23.4 Å². The van der Waals surface area contributed by atoms with Crippen molar-refractivity contribution >= 4 is 23.3 Å². The van der Waals surface area contributed by atoms with Crippen LogP contribution >= 0.6 is 11.8 Å². The Morgan fingerprint density at radius 1 is 1.40 bits per heavy atom. The van der Waals surface area contributed by atoms with Gasteiger partial charge < -0.3 is 9.72 Å². The van der Waals surface area contributed by atoms with Gasteiger partial charge in [-0.1, -0.05) is 11.8 Å². The third-order valence-corrected chi connectivity index (χ3v) is 5.26. The summed E-state index contributed by atoms with van der Waals surface area (Å²) in [5, 5.41) is 12.3.